The van der Waals surface area contributed by atoms with Gasteiger partial charge in [0, 0.05) is 25.9 Å². The van der Waals surface area contributed by atoms with Crippen LogP contribution in [0.1, 0.15) is 28.8 Å². The summed E-state index contributed by atoms with van der Waals surface area (Å²) >= 11 is 13.2. The van der Waals surface area contributed by atoms with Crippen molar-refractivity contribution in [3.8, 4) is 0 Å². The van der Waals surface area contributed by atoms with Gasteiger partial charge in [-0.3, -0.25) is 19.3 Å². The second-order valence-electron chi connectivity index (χ2n) is 7.69. The number of nitrogens with one attached hydrogen (secondary N) is 1. The highest BCUT2D eigenvalue weighted by atomic mass is 79.9. The van der Waals surface area contributed by atoms with Gasteiger partial charge in [-0.2, -0.15) is 0 Å². The largest absolute Gasteiger partial charge is 0.322 e. The number of anilines is 2. The highest BCUT2D eigenvalue weighted by molar-refractivity contribution is 9.12. The third-order valence-electron chi connectivity index (χ3n) is 5.73. The number of amides is 3. The molecule has 1 aliphatic heterocycles. The summed E-state index contributed by atoms with van der Waals surface area (Å²) in [6.45, 7) is 1.87. The summed E-state index contributed by atoms with van der Waals surface area (Å²) in [6.07, 6.45) is 1.21. The van der Waals surface area contributed by atoms with Gasteiger partial charge in [0.2, 0.25) is 11.8 Å². The standard InChI is InChI=1S/C22H19Br2ClN2O3/c1-11-5-6-13(25)8-19(11)26-20(28)12-3-2-4-14(7-12)27-21(29)15-9-17(23)18(24)10-16(15)22(27)30/h2-8,15-18H,9-10H2,1H3,(H,26,28)/t15-,16+,17-,18-/m0/s1. The van der Waals surface area contributed by atoms with E-state index in [-0.39, 0.29) is 39.2 Å². The normalized spacial score (nSPS) is 25.9. The molecule has 2 aromatic rings. The second-order valence-corrected chi connectivity index (χ2v) is 10.5. The van der Waals surface area contributed by atoms with Crippen molar-refractivity contribution in [2.24, 2.45) is 11.8 Å². The molecule has 0 unspecified atom stereocenters. The molecule has 5 nitrogen and oxygen atoms in total. The minimum Gasteiger partial charge on any atom is -0.322 e. The first kappa shape index (κ1) is 21.5. The number of fused-ring (bicyclic) bond motifs is 1. The van der Waals surface area contributed by atoms with E-state index in [0.717, 1.165) is 5.56 Å². The fourth-order valence-electron chi connectivity index (χ4n) is 4.06. The fraction of sp³-hybridized carbons (Fsp3) is 0.318. The van der Waals surface area contributed by atoms with Crippen molar-refractivity contribution in [2.75, 3.05) is 10.2 Å². The molecule has 156 valence electrons. The van der Waals surface area contributed by atoms with Gasteiger partial charge in [-0.25, -0.2) is 0 Å². The minimum atomic E-state index is -0.334. The summed E-state index contributed by atoms with van der Waals surface area (Å²) in [5, 5.41) is 3.37. The van der Waals surface area contributed by atoms with Gasteiger partial charge in [-0.1, -0.05) is 55.6 Å². The molecule has 2 aliphatic rings. The predicted octanol–water partition coefficient (Wildman–Crippen LogP) is 5.33. The summed E-state index contributed by atoms with van der Waals surface area (Å²) in [5.41, 5.74) is 2.28. The van der Waals surface area contributed by atoms with E-state index in [9.17, 15) is 14.4 Å². The van der Waals surface area contributed by atoms with Gasteiger partial charge in [-0.05, 0) is 55.7 Å². The van der Waals surface area contributed by atoms with Crippen LogP contribution in [-0.4, -0.2) is 27.4 Å². The zero-order valence-electron chi connectivity index (χ0n) is 16.1. The first-order valence-electron chi connectivity index (χ1n) is 9.60. The van der Waals surface area contributed by atoms with Crippen LogP contribution in [-0.2, 0) is 9.59 Å². The van der Waals surface area contributed by atoms with Crippen LogP contribution in [0.4, 0.5) is 11.4 Å². The van der Waals surface area contributed by atoms with Gasteiger partial charge in [0.15, 0.2) is 0 Å². The summed E-state index contributed by atoms with van der Waals surface area (Å²) in [7, 11) is 0. The summed E-state index contributed by atoms with van der Waals surface area (Å²) in [6, 6.07) is 11.9. The van der Waals surface area contributed by atoms with Crippen molar-refractivity contribution < 1.29 is 14.4 Å². The highest BCUT2D eigenvalue weighted by Gasteiger charge is 2.52. The zero-order valence-corrected chi connectivity index (χ0v) is 20.0. The summed E-state index contributed by atoms with van der Waals surface area (Å²) < 4.78 is 0. The molecular formula is C22H19Br2ClN2O3. The van der Waals surface area contributed by atoms with E-state index in [4.69, 9.17) is 11.6 Å². The maximum absolute atomic E-state index is 13.0. The molecule has 2 aromatic carbocycles. The molecule has 1 saturated heterocycles. The smallest absolute Gasteiger partial charge is 0.255 e. The quantitative estimate of drug-likeness (QED) is 0.412. The van der Waals surface area contributed by atoms with Gasteiger partial charge >= 0.3 is 0 Å². The van der Waals surface area contributed by atoms with E-state index in [0.29, 0.717) is 34.8 Å². The summed E-state index contributed by atoms with van der Waals surface area (Å²) in [4.78, 5) is 40.3. The Morgan fingerprint density at radius 1 is 1.03 bits per heavy atom. The van der Waals surface area contributed by atoms with Gasteiger partial charge in [0.05, 0.1) is 17.5 Å². The molecule has 2 fully saturated rings. The van der Waals surface area contributed by atoms with Crippen LogP contribution in [0.15, 0.2) is 42.5 Å². The van der Waals surface area contributed by atoms with Crippen LogP contribution in [0.25, 0.3) is 0 Å². The number of hydrogen-bond donors (Lipinski definition) is 1. The second kappa shape index (κ2) is 8.44. The maximum atomic E-state index is 13.0. The van der Waals surface area contributed by atoms with Gasteiger partial charge in [-0.15, -0.1) is 0 Å². The van der Waals surface area contributed by atoms with Gasteiger partial charge in [0.1, 0.15) is 0 Å². The van der Waals surface area contributed by atoms with E-state index >= 15 is 0 Å². The molecule has 4 rings (SSSR count). The minimum absolute atomic E-state index is 0.147. The van der Waals surface area contributed by atoms with Crippen molar-refractivity contribution in [3.63, 3.8) is 0 Å². The number of aryl methyl sites for hydroxylation is 1. The molecular weight excluding hydrogens is 536 g/mol. The van der Waals surface area contributed by atoms with E-state index < -0.39 is 0 Å². The highest BCUT2D eigenvalue weighted by Crippen LogP contribution is 2.44. The molecule has 0 aromatic heterocycles. The molecule has 1 aliphatic carbocycles. The lowest BCUT2D eigenvalue weighted by Gasteiger charge is -2.29. The molecule has 30 heavy (non-hydrogen) atoms. The van der Waals surface area contributed by atoms with Crippen LogP contribution in [0.3, 0.4) is 0 Å². The third-order valence-corrected chi connectivity index (χ3v) is 8.69. The van der Waals surface area contributed by atoms with Crippen molar-refractivity contribution in [1.82, 2.24) is 0 Å². The zero-order chi connectivity index (χ0) is 21.6. The van der Waals surface area contributed by atoms with Crippen LogP contribution >= 0.6 is 43.5 Å². The number of imide groups is 1. The topological polar surface area (TPSA) is 66.5 Å². The number of hydrogen-bond acceptors (Lipinski definition) is 3. The molecule has 8 heteroatoms. The SMILES string of the molecule is Cc1ccc(Cl)cc1NC(=O)c1cccc(N2C(=O)[C@H]3C[C@H](Br)[C@@H](Br)C[C@H]3C2=O)c1. The number of rotatable bonds is 3. The van der Waals surface area contributed by atoms with E-state index in [1.54, 1.807) is 36.4 Å². The van der Waals surface area contributed by atoms with E-state index in [2.05, 4.69) is 37.2 Å². The van der Waals surface area contributed by atoms with Gasteiger partial charge in [0.25, 0.3) is 5.91 Å². The Morgan fingerprint density at radius 2 is 1.67 bits per heavy atom. The monoisotopic (exact) mass is 552 g/mol. The maximum Gasteiger partial charge on any atom is 0.255 e. The van der Waals surface area contributed by atoms with Gasteiger partial charge < -0.3 is 5.32 Å². The average Bonchev–Trinajstić information content (AvgIpc) is 2.95. The van der Waals surface area contributed by atoms with E-state index in [1.165, 1.54) is 4.90 Å². The number of carbonyl (C=O) groups is 3. The summed E-state index contributed by atoms with van der Waals surface area (Å²) in [5.74, 6) is -1.39. The Hall–Kier alpha value is -1.70. The molecule has 0 radical (unpaired) electrons. The molecule has 3 amide bonds. The molecule has 4 atom stereocenters. The number of carbonyl (C=O) groups excluding carboxylic acids is 3. The fourth-order valence-corrected chi connectivity index (χ4v) is 5.47. The van der Waals surface area contributed by atoms with Crippen LogP contribution in [0, 0.1) is 18.8 Å². The van der Waals surface area contributed by atoms with E-state index in [1.807, 2.05) is 13.0 Å². The van der Waals surface area contributed by atoms with Crippen molar-refractivity contribution in [2.45, 2.75) is 29.4 Å². The Kier molecular flexibility index (Phi) is 6.06. The molecule has 1 N–H and O–H groups in total. The average molecular weight is 555 g/mol. The van der Waals surface area contributed by atoms with Crippen molar-refractivity contribution in [1.29, 1.82) is 0 Å². The molecule has 1 heterocycles. The number of benzene rings is 2. The number of alkyl halides is 2. The number of halogens is 3. The van der Waals surface area contributed by atoms with Crippen molar-refractivity contribution in [3.05, 3.63) is 58.6 Å². The van der Waals surface area contributed by atoms with Crippen LogP contribution < -0.4 is 10.2 Å². The van der Waals surface area contributed by atoms with Crippen LogP contribution in [0.2, 0.25) is 5.02 Å². The first-order chi connectivity index (χ1) is 14.3. The predicted molar refractivity (Wildman–Crippen MR) is 125 cm³/mol. The molecule has 0 spiro atoms. The first-order valence-corrected chi connectivity index (χ1v) is 11.8. The van der Waals surface area contributed by atoms with Crippen molar-refractivity contribution >= 4 is 72.6 Å². The lowest BCUT2D eigenvalue weighted by molar-refractivity contribution is -0.122. The Morgan fingerprint density at radius 3 is 2.30 bits per heavy atom. The Bertz CT molecular complexity index is 1020. The lowest BCUT2D eigenvalue weighted by atomic mass is 9.81. The third kappa shape index (κ3) is 3.95. The van der Waals surface area contributed by atoms with Crippen LogP contribution in [0.5, 0.6) is 0 Å². The Balaban J connectivity index is 1.59. The number of nitrogens with zero attached hydrogens (tertiary/aromatic N) is 1. The lowest BCUT2D eigenvalue weighted by Crippen LogP contribution is -2.34. The Labute approximate surface area is 196 Å². The molecule has 0 bridgehead atoms. The molecule has 1 saturated carbocycles.